The maximum absolute atomic E-state index is 12.9. The van der Waals surface area contributed by atoms with Crippen LogP contribution < -0.4 is 16.2 Å². The van der Waals surface area contributed by atoms with Gasteiger partial charge in [-0.25, -0.2) is 0 Å². The summed E-state index contributed by atoms with van der Waals surface area (Å²) < 4.78 is 0. The molecule has 0 saturated heterocycles. The fourth-order valence-corrected chi connectivity index (χ4v) is 3.21. The van der Waals surface area contributed by atoms with Crippen molar-refractivity contribution < 1.29 is 4.79 Å². The number of amides is 1. The van der Waals surface area contributed by atoms with Crippen molar-refractivity contribution in [3.8, 4) is 0 Å². The first-order valence-electron chi connectivity index (χ1n) is 8.78. The Morgan fingerprint density at radius 3 is 2.00 bits per heavy atom. The molecule has 0 fully saturated rings. The molecule has 3 aromatic rings. The lowest BCUT2D eigenvalue weighted by molar-refractivity contribution is -0.122. The molecule has 0 bridgehead atoms. The topological polar surface area (TPSA) is 53.2 Å². The number of rotatable bonds is 4. The van der Waals surface area contributed by atoms with Crippen LogP contribution >= 0.6 is 23.8 Å². The maximum Gasteiger partial charge on any atom is 0.250 e. The van der Waals surface area contributed by atoms with Gasteiger partial charge in [0.15, 0.2) is 5.11 Å². The molecule has 0 saturated carbocycles. The van der Waals surface area contributed by atoms with Gasteiger partial charge in [0.25, 0.3) is 0 Å². The molecule has 0 aliphatic carbocycles. The highest BCUT2D eigenvalue weighted by Gasteiger charge is 2.22. The number of halogens is 1. The fraction of sp³-hybridized carbons (Fsp3) is 0.0909. The summed E-state index contributed by atoms with van der Waals surface area (Å²) in [4.78, 5) is 12.9. The number of thiocarbonyl (C=S) groups is 1. The molecule has 1 amide bonds. The van der Waals surface area contributed by atoms with E-state index in [-0.39, 0.29) is 11.0 Å². The van der Waals surface area contributed by atoms with Gasteiger partial charge in [0.05, 0.1) is 5.92 Å². The Bertz CT molecular complexity index is 925. The van der Waals surface area contributed by atoms with Gasteiger partial charge in [0.2, 0.25) is 5.91 Å². The summed E-state index contributed by atoms with van der Waals surface area (Å²) in [5.74, 6) is -0.657. The normalized spacial score (nSPS) is 10.4. The molecule has 0 heterocycles. The molecule has 6 heteroatoms. The SMILES string of the molecule is Cc1c(Cl)cccc1NC(=S)NNC(=O)C(c1ccccc1)c1ccccc1. The summed E-state index contributed by atoms with van der Waals surface area (Å²) in [5.41, 5.74) is 8.94. The van der Waals surface area contributed by atoms with E-state index in [1.54, 1.807) is 0 Å². The predicted molar refractivity (Wildman–Crippen MR) is 118 cm³/mol. The molecular weight excluding hydrogens is 390 g/mol. The summed E-state index contributed by atoms with van der Waals surface area (Å²) in [6, 6.07) is 24.8. The quantitative estimate of drug-likeness (QED) is 0.428. The molecule has 0 unspecified atom stereocenters. The van der Waals surface area contributed by atoms with Crippen LogP contribution in [0.1, 0.15) is 22.6 Å². The van der Waals surface area contributed by atoms with Crippen LogP contribution in [0.25, 0.3) is 0 Å². The van der Waals surface area contributed by atoms with E-state index in [9.17, 15) is 4.79 Å². The first-order valence-corrected chi connectivity index (χ1v) is 9.56. The van der Waals surface area contributed by atoms with Gasteiger partial charge < -0.3 is 5.32 Å². The molecule has 142 valence electrons. The van der Waals surface area contributed by atoms with Crippen LogP contribution in [0.4, 0.5) is 5.69 Å². The number of benzene rings is 3. The van der Waals surface area contributed by atoms with Gasteiger partial charge >= 0.3 is 0 Å². The Morgan fingerprint density at radius 1 is 0.857 bits per heavy atom. The second-order valence-corrected chi connectivity index (χ2v) is 7.05. The van der Waals surface area contributed by atoms with Gasteiger partial charge in [-0.2, -0.15) is 0 Å². The minimum absolute atomic E-state index is 0.204. The molecule has 0 atom stereocenters. The van der Waals surface area contributed by atoms with Crippen LogP contribution in [0.2, 0.25) is 5.02 Å². The second kappa shape index (κ2) is 9.35. The van der Waals surface area contributed by atoms with E-state index in [2.05, 4.69) is 16.2 Å². The van der Waals surface area contributed by atoms with Crippen molar-refractivity contribution in [2.24, 2.45) is 0 Å². The van der Waals surface area contributed by atoms with Crippen LogP contribution in [-0.4, -0.2) is 11.0 Å². The second-order valence-electron chi connectivity index (χ2n) is 6.24. The van der Waals surface area contributed by atoms with E-state index in [0.717, 1.165) is 22.4 Å². The Morgan fingerprint density at radius 2 is 1.43 bits per heavy atom. The minimum atomic E-state index is -0.453. The Kier molecular flexibility index (Phi) is 6.63. The molecule has 0 aliphatic rings. The van der Waals surface area contributed by atoms with Gasteiger partial charge in [-0.1, -0.05) is 78.3 Å². The van der Waals surface area contributed by atoms with Crippen molar-refractivity contribution in [1.82, 2.24) is 10.9 Å². The zero-order valence-electron chi connectivity index (χ0n) is 15.3. The van der Waals surface area contributed by atoms with Crippen molar-refractivity contribution in [3.63, 3.8) is 0 Å². The van der Waals surface area contributed by atoms with E-state index >= 15 is 0 Å². The largest absolute Gasteiger partial charge is 0.331 e. The van der Waals surface area contributed by atoms with Crippen molar-refractivity contribution in [2.75, 3.05) is 5.32 Å². The number of hydrogen-bond acceptors (Lipinski definition) is 2. The van der Waals surface area contributed by atoms with Crippen LogP contribution in [0, 0.1) is 6.92 Å². The van der Waals surface area contributed by atoms with Crippen molar-refractivity contribution >= 4 is 40.5 Å². The molecular formula is C22H20ClN3OS. The molecule has 0 aliphatic heterocycles. The number of nitrogens with one attached hydrogen (secondary N) is 3. The molecule has 3 N–H and O–H groups in total. The third kappa shape index (κ3) is 4.88. The molecule has 3 aromatic carbocycles. The summed E-state index contributed by atoms with van der Waals surface area (Å²) in [6.07, 6.45) is 0. The Hall–Kier alpha value is -2.89. The van der Waals surface area contributed by atoms with Crippen LogP contribution in [0.5, 0.6) is 0 Å². The lowest BCUT2D eigenvalue weighted by atomic mass is 9.91. The number of carbonyl (C=O) groups excluding carboxylic acids is 1. The average Bonchev–Trinajstić information content (AvgIpc) is 2.72. The molecule has 0 spiro atoms. The monoisotopic (exact) mass is 409 g/mol. The van der Waals surface area contributed by atoms with E-state index in [1.807, 2.05) is 85.8 Å². The Labute approximate surface area is 174 Å². The van der Waals surface area contributed by atoms with E-state index in [1.165, 1.54) is 0 Å². The first-order chi connectivity index (χ1) is 13.6. The summed E-state index contributed by atoms with van der Waals surface area (Å²) in [5, 5.41) is 3.97. The molecule has 4 nitrogen and oxygen atoms in total. The molecule has 3 rings (SSSR count). The summed E-state index contributed by atoms with van der Waals surface area (Å²) in [7, 11) is 0. The maximum atomic E-state index is 12.9. The third-order valence-electron chi connectivity index (χ3n) is 4.34. The zero-order valence-corrected chi connectivity index (χ0v) is 16.8. The van der Waals surface area contributed by atoms with Crippen LogP contribution in [-0.2, 0) is 4.79 Å². The van der Waals surface area contributed by atoms with Crippen molar-refractivity contribution in [3.05, 3.63) is 101 Å². The summed E-state index contributed by atoms with van der Waals surface area (Å²) in [6.45, 7) is 1.90. The van der Waals surface area contributed by atoms with E-state index in [0.29, 0.717) is 5.02 Å². The average molecular weight is 410 g/mol. The number of carbonyl (C=O) groups is 1. The van der Waals surface area contributed by atoms with Crippen LogP contribution in [0.3, 0.4) is 0 Å². The lowest BCUT2D eigenvalue weighted by Crippen LogP contribution is -2.46. The number of hydrazine groups is 1. The highest BCUT2D eigenvalue weighted by Crippen LogP contribution is 2.25. The summed E-state index contributed by atoms with van der Waals surface area (Å²) >= 11 is 11.4. The third-order valence-corrected chi connectivity index (χ3v) is 4.96. The van der Waals surface area contributed by atoms with Gasteiger partial charge in [-0.05, 0) is 48.0 Å². The predicted octanol–water partition coefficient (Wildman–Crippen LogP) is 4.80. The number of anilines is 1. The van der Waals surface area contributed by atoms with Gasteiger partial charge in [0, 0.05) is 10.7 Å². The Balaban J connectivity index is 1.70. The molecule has 28 heavy (non-hydrogen) atoms. The van der Waals surface area contributed by atoms with Gasteiger partial charge in [0.1, 0.15) is 0 Å². The molecule has 0 aromatic heterocycles. The van der Waals surface area contributed by atoms with Crippen molar-refractivity contribution in [2.45, 2.75) is 12.8 Å². The molecule has 0 radical (unpaired) electrons. The van der Waals surface area contributed by atoms with Crippen molar-refractivity contribution in [1.29, 1.82) is 0 Å². The van der Waals surface area contributed by atoms with Crippen LogP contribution in [0.15, 0.2) is 78.9 Å². The van der Waals surface area contributed by atoms with Gasteiger partial charge in [-0.3, -0.25) is 15.6 Å². The lowest BCUT2D eigenvalue weighted by Gasteiger charge is -2.19. The van der Waals surface area contributed by atoms with E-state index in [4.69, 9.17) is 23.8 Å². The van der Waals surface area contributed by atoms with Gasteiger partial charge in [-0.15, -0.1) is 0 Å². The zero-order chi connectivity index (χ0) is 19.9. The van der Waals surface area contributed by atoms with E-state index < -0.39 is 5.92 Å². The number of hydrogen-bond donors (Lipinski definition) is 3. The minimum Gasteiger partial charge on any atom is -0.331 e. The highest BCUT2D eigenvalue weighted by molar-refractivity contribution is 7.80. The smallest absolute Gasteiger partial charge is 0.250 e. The fourth-order valence-electron chi connectivity index (χ4n) is 2.87. The standard InChI is InChI=1S/C22H20ClN3OS/c1-15-18(23)13-8-14-19(15)24-22(28)26-25-21(27)20(16-9-4-2-5-10-16)17-11-6-3-7-12-17/h2-14,20H,1H3,(H,25,27)(H2,24,26,28). The first kappa shape index (κ1) is 19.9. The highest BCUT2D eigenvalue weighted by atomic mass is 35.5.